The highest BCUT2D eigenvalue weighted by molar-refractivity contribution is 7.21. The minimum Gasteiger partial charge on any atom is -0.399 e. The van der Waals surface area contributed by atoms with E-state index in [0.717, 1.165) is 20.8 Å². The van der Waals surface area contributed by atoms with Crippen LogP contribution in [0.15, 0.2) is 42.5 Å². The second-order valence-corrected chi connectivity index (χ2v) is 5.19. The molecule has 1 heterocycles. The van der Waals surface area contributed by atoms with Gasteiger partial charge in [-0.05, 0) is 24.3 Å². The van der Waals surface area contributed by atoms with Crippen molar-refractivity contribution in [3.8, 4) is 10.6 Å². The minimum absolute atomic E-state index is 0.450. The number of aromatic nitrogens is 1. The molecule has 0 aliphatic heterocycles. The van der Waals surface area contributed by atoms with Gasteiger partial charge in [0.05, 0.1) is 10.2 Å². The number of nitrogens with two attached hydrogens (primary N) is 2. The van der Waals surface area contributed by atoms with Crippen molar-refractivity contribution in [1.29, 1.82) is 0 Å². The summed E-state index contributed by atoms with van der Waals surface area (Å²) in [6.07, 6.45) is 0. The number of benzene rings is 2. The average Bonchev–Trinajstić information content (AvgIpc) is 2.81. The molecule has 0 spiro atoms. The van der Waals surface area contributed by atoms with Crippen LogP contribution in [0.2, 0.25) is 0 Å². The van der Waals surface area contributed by atoms with Crippen LogP contribution in [0.25, 0.3) is 20.8 Å². The number of hydrogen-bond donors (Lipinski definition) is 2. The molecule has 0 aliphatic rings. The highest BCUT2D eigenvalue weighted by Crippen LogP contribution is 2.32. The Labute approximate surface area is 113 Å². The predicted octanol–water partition coefficient (Wildman–Crippen LogP) is 2.64. The van der Waals surface area contributed by atoms with Crippen LogP contribution in [-0.4, -0.2) is 10.9 Å². The molecule has 0 atom stereocenters. The van der Waals surface area contributed by atoms with E-state index in [2.05, 4.69) is 4.98 Å². The van der Waals surface area contributed by atoms with Gasteiger partial charge in [-0.15, -0.1) is 11.3 Å². The van der Waals surface area contributed by atoms with Crippen molar-refractivity contribution < 1.29 is 4.79 Å². The van der Waals surface area contributed by atoms with Crippen LogP contribution in [0, 0.1) is 0 Å². The number of carbonyl (C=O) groups is 1. The first-order valence-electron chi connectivity index (χ1n) is 5.70. The maximum Gasteiger partial charge on any atom is 0.249 e. The minimum atomic E-state index is -0.450. The lowest BCUT2D eigenvalue weighted by Gasteiger charge is -2.01. The van der Waals surface area contributed by atoms with Crippen molar-refractivity contribution >= 4 is 33.1 Å². The van der Waals surface area contributed by atoms with Crippen LogP contribution < -0.4 is 11.5 Å². The molecule has 5 heteroatoms. The Hall–Kier alpha value is -2.40. The highest BCUT2D eigenvalue weighted by atomic mass is 32.1. The van der Waals surface area contributed by atoms with Gasteiger partial charge in [0.25, 0.3) is 0 Å². The first kappa shape index (κ1) is 11.7. The molecule has 94 valence electrons. The lowest BCUT2D eigenvalue weighted by Crippen LogP contribution is -2.12. The van der Waals surface area contributed by atoms with Crippen LogP contribution in [-0.2, 0) is 0 Å². The number of nitrogens with zero attached hydrogens (tertiary/aromatic N) is 1. The molecule has 1 amide bonds. The summed E-state index contributed by atoms with van der Waals surface area (Å²) >= 11 is 1.52. The zero-order valence-electron chi connectivity index (χ0n) is 9.96. The van der Waals surface area contributed by atoms with E-state index >= 15 is 0 Å². The van der Waals surface area contributed by atoms with Crippen LogP contribution in [0.3, 0.4) is 0 Å². The summed E-state index contributed by atoms with van der Waals surface area (Å²) in [5.74, 6) is -0.450. The maximum absolute atomic E-state index is 11.4. The Bertz CT molecular complexity index is 779. The Morgan fingerprint density at radius 1 is 1.16 bits per heavy atom. The van der Waals surface area contributed by atoms with Gasteiger partial charge in [-0.1, -0.05) is 18.2 Å². The monoisotopic (exact) mass is 269 g/mol. The van der Waals surface area contributed by atoms with E-state index in [1.165, 1.54) is 11.3 Å². The Balaban J connectivity index is 2.22. The molecule has 19 heavy (non-hydrogen) atoms. The van der Waals surface area contributed by atoms with E-state index in [-0.39, 0.29) is 0 Å². The summed E-state index contributed by atoms with van der Waals surface area (Å²) in [6.45, 7) is 0. The van der Waals surface area contributed by atoms with Crippen LogP contribution >= 0.6 is 11.3 Å². The van der Waals surface area contributed by atoms with Crippen molar-refractivity contribution in [2.24, 2.45) is 5.73 Å². The summed E-state index contributed by atoms with van der Waals surface area (Å²) < 4.78 is 1.03. The molecule has 0 unspecified atom stereocenters. The summed E-state index contributed by atoms with van der Waals surface area (Å²) in [6, 6.07) is 12.8. The zero-order valence-corrected chi connectivity index (χ0v) is 10.8. The predicted molar refractivity (Wildman–Crippen MR) is 78.0 cm³/mol. The summed E-state index contributed by atoms with van der Waals surface area (Å²) in [4.78, 5) is 16.0. The normalized spacial score (nSPS) is 10.7. The lowest BCUT2D eigenvalue weighted by atomic mass is 10.1. The fourth-order valence-corrected chi connectivity index (χ4v) is 2.93. The number of fused-ring (bicyclic) bond motifs is 1. The lowest BCUT2D eigenvalue weighted by molar-refractivity contribution is 0.100. The molecule has 3 aromatic rings. The fraction of sp³-hybridized carbons (Fsp3) is 0. The number of hydrogen-bond acceptors (Lipinski definition) is 4. The molecule has 0 saturated carbocycles. The number of anilines is 1. The molecular weight excluding hydrogens is 258 g/mol. The summed E-state index contributed by atoms with van der Waals surface area (Å²) in [5.41, 5.74) is 13.9. The maximum atomic E-state index is 11.4. The number of carbonyl (C=O) groups excluding carboxylic acids is 1. The van der Waals surface area contributed by atoms with Gasteiger partial charge >= 0.3 is 0 Å². The second kappa shape index (κ2) is 4.37. The fourth-order valence-electron chi connectivity index (χ4n) is 1.94. The number of primary amides is 1. The SMILES string of the molecule is NC(=O)c1ccccc1-c1nc2cc(N)ccc2s1. The first-order valence-corrected chi connectivity index (χ1v) is 6.52. The molecule has 1 aromatic heterocycles. The smallest absolute Gasteiger partial charge is 0.249 e. The van der Waals surface area contributed by atoms with E-state index in [1.807, 2.05) is 30.3 Å². The van der Waals surface area contributed by atoms with Crippen molar-refractivity contribution in [3.05, 3.63) is 48.0 Å². The molecular formula is C14H11N3OS. The van der Waals surface area contributed by atoms with Crippen molar-refractivity contribution in [3.63, 3.8) is 0 Å². The molecule has 0 bridgehead atoms. The number of rotatable bonds is 2. The molecule has 3 rings (SSSR count). The number of thiazole rings is 1. The van der Waals surface area contributed by atoms with Crippen molar-refractivity contribution in [2.75, 3.05) is 5.73 Å². The average molecular weight is 269 g/mol. The first-order chi connectivity index (χ1) is 9.15. The molecule has 0 aliphatic carbocycles. The van der Waals surface area contributed by atoms with Crippen molar-refractivity contribution in [1.82, 2.24) is 4.98 Å². The van der Waals surface area contributed by atoms with Gasteiger partial charge in [-0.25, -0.2) is 4.98 Å². The number of nitrogen functional groups attached to an aromatic ring is 1. The third-order valence-electron chi connectivity index (χ3n) is 2.83. The van der Waals surface area contributed by atoms with Gasteiger partial charge in [0.15, 0.2) is 0 Å². The van der Waals surface area contributed by atoms with Gasteiger partial charge < -0.3 is 11.5 Å². The second-order valence-electron chi connectivity index (χ2n) is 4.16. The third kappa shape index (κ3) is 2.04. The summed E-state index contributed by atoms with van der Waals surface area (Å²) in [7, 11) is 0. The molecule has 0 saturated heterocycles. The molecule has 0 fully saturated rings. The van der Waals surface area contributed by atoms with E-state index < -0.39 is 5.91 Å². The van der Waals surface area contributed by atoms with Gasteiger partial charge in [-0.3, -0.25) is 4.79 Å². The molecule has 2 aromatic carbocycles. The van der Waals surface area contributed by atoms with E-state index in [0.29, 0.717) is 11.3 Å². The van der Waals surface area contributed by atoms with Gasteiger partial charge in [0.1, 0.15) is 5.01 Å². The van der Waals surface area contributed by atoms with E-state index in [4.69, 9.17) is 11.5 Å². The van der Waals surface area contributed by atoms with Gasteiger partial charge in [0, 0.05) is 16.8 Å². The topological polar surface area (TPSA) is 82.0 Å². The van der Waals surface area contributed by atoms with Gasteiger partial charge in [-0.2, -0.15) is 0 Å². The van der Waals surface area contributed by atoms with E-state index in [1.54, 1.807) is 12.1 Å². The Kier molecular flexibility index (Phi) is 2.68. The van der Waals surface area contributed by atoms with E-state index in [9.17, 15) is 4.79 Å². The zero-order chi connectivity index (χ0) is 13.4. The van der Waals surface area contributed by atoms with Gasteiger partial charge in [0.2, 0.25) is 5.91 Å². The van der Waals surface area contributed by atoms with Crippen LogP contribution in [0.1, 0.15) is 10.4 Å². The Morgan fingerprint density at radius 3 is 2.74 bits per heavy atom. The largest absolute Gasteiger partial charge is 0.399 e. The standard InChI is InChI=1S/C14H11N3OS/c15-8-5-6-12-11(7-8)17-14(19-12)10-4-2-1-3-9(10)13(16)18/h1-7H,15H2,(H2,16,18). The molecule has 4 N–H and O–H groups in total. The third-order valence-corrected chi connectivity index (χ3v) is 3.90. The molecule has 4 nitrogen and oxygen atoms in total. The molecule has 0 radical (unpaired) electrons. The Morgan fingerprint density at radius 2 is 1.95 bits per heavy atom. The highest BCUT2D eigenvalue weighted by Gasteiger charge is 2.13. The van der Waals surface area contributed by atoms with Crippen molar-refractivity contribution in [2.45, 2.75) is 0 Å². The summed E-state index contributed by atoms with van der Waals surface area (Å²) in [5, 5.41) is 0.773. The van der Waals surface area contributed by atoms with Crippen LogP contribution in [0.4, 0.5) is 5.69 Å². The quantitative estimate of drug-likeness (QED) is 0.702. The van der Waals surface area contributed by atoms with Crippen LogP contribution in [0.5, 0.6) is 0 Å². The number of amides is 1.